The molecule has 1 aromatic heterocycles. The van der Waals surface area contributed by atoms with Gasteiger partial charge in [-0.2, -0.15) is 0 Å². The Kier molecular flexibility index (Phi) is 6.81. The highest BCUT2D eigenvalue weighted by molar-refractivity contribution is 6.35. The van der Waals surface area contributed by atoms with Gasteiger partial charge in [-0.1, -0.05) is 23.2 Å². The summed E-state index contributed by atoms with van der Waals surface area (Å²) in [7, 11) is 2.77. The first kappa shape index (κ1) is 19.2. The van der Waals surface area contributed by atoms with Crippen molar-refractivity contribution in [2.75, 3.05) is 27.4 Å². The van der Waals surface area contributed by atoms with Crippen LogP contribution in [0.4, 0.5) is 0 Å². The number of hydrogen-bond donors (Lipinski definition) is 0. The highest BCUT2D eigenvalue weighted by atomic mass is 35.5. The van der Waals surface area contributed by atoms with Crippen LogP contribution >= 0.6 is 23.2 Å². The van der Waals surface area contributed by atoms with E-state index in [9.17, 15) is 9.59 Å². The van der Waals surface area contributed by atoms with E-state index >= 15 is 0 Å². The number of ether oxygens (including phenoxy) is 2. The zero-order valence-electron chi connectivity index (χ0n) is 13.6. The summed E-state index contributed by atoms with van der Waals surface area (Å²) < 4.78 is 14.8. The van der Waals surface area contributed by atoms with Crippen LogP contribution in [-0.2, 0) is 16.0 Å². The first-order valence-corrected chi connectivity index (χ1v) is 7.97. The minimum atomic E-state index is -0.619. The number of oxazole rings is 1. The van der Waals surface area contributed by atoms with E-state index in [1.165, 1.54) is 43.6 Å². The lowest BCUT2D eigenvalue weighted by Crippen LogP contribution is -2.33. The molecule has 0 saturated heterocycles. The molecule has 0 saturated carbocycles. The highest BCUT2D eigenvalue weighted by Gasteiger charge is 2.20. The van der Waals surface area contributed by atoms with Crippen LogP contribution in [0.3, 0.4) is 0 Å². The van der Waals surface area contributed by atoms with Crippen molar-refractivity contribution in [1.82, 2.24) is 9.88 Å². The molecular weight excluding hydrogens is 371 g/mol. The van der Waals surface area contributed by atoms with Crippen molar-refractivity contribution < 1.29 is 23.5 Å². The van der Waals surface area contributed by atoms with Gasteiger partial charge in [-0.3, -0.25) is 4.79 Å². The number of nitrogens with zero attached hydrogens (tertiary/aromatic N) is 2. The maximum absolute atomic E-state index is 12.7. The van der Waals surface area contributed by atoms with Crippen LogP contribution < -0.4 is 0 Å². The summed E-state index contributed by atoms with van der Waals surface area (Å²) in [5.74, 6) is -0.747. The van der Waals surface area contributed by atoms with Gasteiger partial charge in [0.05, 0.1) is 20.3 Å². The van der Waals surface area contributed by atoms with Gasteiger partial charge in [0.1, 0.15) is 6.26 Å². The molecule has 0 atom stereocenters. The molecule has 0 aliphatic carbocycles. The number of aromatic nitrogens is 1. The monoisotopic (exact) mass is 386 g/mol. The molecule has 0 spiro atoms. The molecule has 1 amide bonds. The van der Waals surface area contributed by atoms with E-state index in [2.05, 4.69) is 9.72 Å². The lowest BCUT2D eigenvalue weighted by Gasteiger charge is -2.21. The fraction of sp³-hybridized carbons (Fsp3) is 0.312. The van der Waals surface area contributed by atoms with Crippen LogP contribution in [0.5, 0.6) is 0 Å². The van der Waals surface area contributed by atoms with Crippen molar-refractivity contribution in [1.29, 1.82) is 0 Å². The molecule has 2 aromatic rings. The zero-order chi connectivity index (χ0) is 18.4. The number of hydrogen-bond acceptors (Lipinski definition) is 6. The van der Waals surface area contributed by atoms with E-state index in [4.69, 9.17) is 32.4 Å². The first-order valence-electron chi connectivity index (χ1n) is 7.21. The first-order chi connectivity index (χ1) is 11.9. The van der Waals surface area contributed by atoms with Gasteiger partial charge in [0.15, 0.2) is 5.69 Å². The van der Waals surface area contributed by atoms with Crippen LogP contribution in [0.15, 0.2) is 28.9 Å². The van der Waals surface area contributed by atoms with Crippen molar-refractivity contribution in [2.24, 2.45) is 0 Å². The van der Waals surface area contributed by atoms with E-state index in [0.29, 0.717) is 22.2 Å². The van der Waals surface area contributed by atoms with Crippen LogP contribution in [-0.4, -0.2) is 49.1 Å². The Bertz CT molecular complexity index is 742. The lowest BCUT2D eigenvalue weighted by molar-refractivity contribution is 0.0594. The molecule has 0 bridgehead atoms. The quantitative estimate of drug-likeness (QED) is 0.680. The zero-order valence-corrected chi connectivity index (χ0v) is 15.1. The minimum absolute atomic E-state index is 0.0300. The van der Waals surface area contributed by atoms with E-state index in [0.717, 1.165) is 0 Å². The molecule has 25 heavy (non-hydrogen) atoms. The third kappa shape index (κ3) is 5.19. The Morgan fingerprint density at radius 3 is 2.48 bits per heavy atom. The fourth-order valence-electron chi connectivity index (χ4n) is 2.06. The molecule has 7 nitrogen and oxygen atoms in total. The van der Waals surface area contributed by atoms with Gasteiger partial charge in [-0.05, 0) is 18.2 Å². The predicted molar refractivity (Wildman–Crippen MR) is 90.9 cm³/mol. The van der Waals surface area contributed by atoms with Crippen LogP contribution in [0.25, 0.3) is 0 Å². The summed E-state index contributed by atoms with van der Waals surface area (Å²) in [6.07, 6.45) is 1.18. The Morgan fingerprint density at radius 1 is 1.20 bits per heavy atom. The second-order valence-electron chi connectivity index (χ2n) is 5.00. The maximum Gasteiger partial charge on any atom is 0.360 e. The summed E-state index contributed by atoms with van der Waals surface area (Å²) in [6, 6.07) is 4.58. The standard InChI is InChI=1S/C16H16Cl2N2O5/c1-23-4-3-20(8-14-19-13(9-25-14)16(22)24-2)15(21)10-5-11(17)7-12(18)6-10/h5-7,9H,3-4,8H2,1-2H3. The summed E-state index contributed by atoms with van der Waals surface area (Å²) >= 11 is 11.9. The largest absolute Gasteiger partial charge is 0.464 e. The fourth-order valence-corrected chi connectivity index (χ4v) is 2.58. The number of esters is 1. The Hall–Kier alpha value is -2.09. The number of benzene rings is 1. The number of amides is 1. The molecular formula is C16H16Cl2N2O5. The predicted octanol–water partition coefficient (Wildman–Crippen LogP) is 3.06. The molecule has 0 aliphatic rings. The highest BCUT2D eigenvalue weighted by Crippen LogP contribution is 2.21. The van der Waals surface area contributed by atoms with Gasteiger partial charge < -0.3 is 18.8 Å². The molecule has 0 fully saturated rings. The molecule has 0 N–H and O–H groups in total. The molecule has 2 rings (SSSR count). The second-order valence-corrected chi connectivity index (χ2v) is 5.87. The van der Waals surface area contributed by atoms with E-state index < -0.39 is 5.97 Å². The molecule has 0 unspecified atom stereocenters. The second kappa shape index (κ2) is 8.84. The van der Waals surface area contributed by atoms with E-state index in [-0.39, 0.29) is 30.6 Å². The molecule has 0 aliphatic heterocycles. The normalized spacial score (nSPS) is 10.6. The number of carbonyl (C=O) groups excluding carboxylic acids is 2. The molecule has 9 heteroatoms. The molecule has 0 radical (unpaired) electrons. The maximum atomic E-state index is 12.7. The number of rotatable bonds is 7. The van der Waals surface area contributed by atoms with Crippen molar-refractivity contribution in [3.63, 3.8) is 0 Å². The summed E-state index contributed by atoms with van der Waals surface area (Å²) in [5, 5.41) is 0.707. The molecule has 134 valence electrons. The summed E-state index contributed by atoms with van der Waals surface area (Å²) in [5.41, 5.74) is 0.357. The third-order valence-electron chi connectivity index (χ3n) is 3.23. The van der Waals surface area contributed by atoms with Gasteiger partial charge in [0, 0.05) is 29.3 Å². The molecule has 1 heterocycles. The lowest BCUT2D eigenvalue weighted by atomic mass is 10.2. The van der Waals surface area contributed by atoms with Gasteiger partial charge in [0.25, 0.3) is 5.91 Å². The Balaban J connectivity index is 2.21. The van der Waals surface area contributed by atoms with Crippen LogP contribution in [0, 0.1) is 0 Å². The topological polar surface area (TPSA) is 81.9 Å². The van der Waals surface area contributed by atoms with E-state index in [1.807, 2.05) is 0 Å². The SMILES string of the molecule is COCCN(Cc1nc(C(=O)OC)co1)C(=O)c1cc(Cl)cc(Cl)c1. The summed E-state index contributed by atoms with van der Waals surface area (Å²) in [4.78, 5) is 29.7. The smallest absolute Gasteiger partial charge is 0.360 e. The third-order valence-corrected chi connectivity index (χ3v) is 3.67. The summed E-state index contributed by atoms with van der Waals surface area (Å²) in [6.45, 7) is 0.642. The van der Waals surface area contributed by atoms with Crippen LogP contribution in [0.1, 0.15) is 26.7 Å². The van der Waals surface area contributed by atoms with Gasteiger partial charge in [-0.25, -0.2) is 9.78 Å². The minimum Gasteiger partial charge on any atom is -0.464 e. The average molecular weight is 387 g/mol. The van der Waals surface area contributed by atoms with Gasteiger partial charge in [-0.15, -0.1) is 0 Å². The molecule has 1 aromatic carbocycles. The van der Waals surface area contributed by atoms with Crippen LogP contribution in [0.2, 0.25) is 10.0 Å². The average Bonchev–Trinajstić information content (AvgIpc) is 3.05. The van der Waals surface area contributed by atoms with Gasteiger partial charge >= 0.3 is 5.97 Å². The van der Waals surface area contributed by atoms with Crippen molar-refractivity contribution in [3.8, 4) is 0 Å². The van der Waals surface area contributed by atoms with Crippen molar-refractivity contribution in [2.45, 2.75) is 6.54 Å². The van der Waals surface area contributed by atoms with Gasteiger partial charge in [0.2, 0.25) is 5.89 Å². The van der Waals surface area contributed by atoms with Crippen molar-refractivity contribution in [3.05, 3.63) is 51.7 Å². The Labute approximate surface area is 154 Å². The number of carbonyl (C=O) groups is 2. The Morgan fingerprint density at radius 2 is 1.88 bits per heavy atom. The van der Waals surface area contributed by atoms with Crippen molar-refractivity contribution >= 4 is 35.1 Å². The number of halogens is 2. The number of methoxy groups -OCH3 is 2. The van der Waals surface area contributed by atoms with E-state index in [1.54, 1.807) is 0 Å².